The quantitative estimate of drug-likeness (QED) is 0.896. The molecular weight excluding hydrogens is 330 g/mol. The second kappa shape index (κ2) is 6.26. The lowest BCUT2D eigenvalue weighted by Gasteiger charge is -2.15. The molecule has 21 heavy (non-hydrogen) atoms. The first-order valence-electron chi connectivity index (χ1n) is 6.94. The van der Waals surface area contributed by atoms with Gasteiger partial charge in [-0.1, -0.05) is 34.1 Å². The van der Waals surface area contributed by atoms with E-state index in [1.165, 1.54) is 11.1 Å². The molecule has 0 bridgehead atoms. The number of aromatic nitrogens is 1. The number of hydrogen-bond acceptors (Lipinski definition) is 2. The molecule has 1 atom stereocenters. The van der Waals surface area contributed by atoms with Crippen LogP contribution in [-0.2, 0) is 13.0 Å². The van der Waals surface area contributed by atoms with Gasteiger partial charge in [-0.2, -0.15) is 0 Å². The highest BCUT2D eigenvalue weighted by Crippen LogP contribution is 2.35. The van der Waals surface area contributed by atoms with Gasteiger partial charge in [0, 0.05) is 23.4 Å². The van der Waals surface area contributed by atoms with Crippen LogP contribution >= 0.6 is 15.9 Å². The standard InChI is InChI=1S/C16H16BrN3O/c17-14-5-1-4-13-12(14)6-7-15(13)20-16(21)19-10-11-3-2-8-18-9-11/h1-5,8-9,15H,6-7,10H2,(H2,19,20,21)/t15-/m0/s1. The van der Waals surface area contributed by atoms with Crippen LogP contribution in [0.4, 0.5) is 4.79 Å². The number of rotatable bonds is 3. The van der Waals surface area contributed by atoms with Gasteiger partial charge in [-0.05, 0) is 41.7 Å². The second-order valence-corrected chi connectivity index (χ2v) is 5.94. The summed E-state index contributed by atoms with van der Waals surface area (Å²) in [6, 6.07) is 9.89. The van der Waals surface area contributed by atoms with E-state index in [-0.39, 0.29) is 12.1 Å². The molecule has 1 aromatic heterocycles. The van der Waals surface area contributed by atoms with Gasteiger partial charge >= 0.3 is 6.03 Å². The van der Waals surface area contributed by atoms with Crippen molar-refractivity contribution in [3.63, 3.8) is 0 Å². The zero-order valence-corrected chi connectivity index (χ0v) is 13.1. The van der Waals surface area contributed by atoms with E-state index in [9.17, 15) is 4.79 Å². The van der Waals surface area contributed by atoms with Crippen molar-refractivity contribution in [3.05, 3.63) is 63.9 Å². The molecule has 1 heterocycles. The van der Waals surface area contributed by atoms with Crippen LogP contribution in [0.15, 0.2) is 47.2 Å². The summed E-state index contributed by atoms with van der Waals surface area (Å²) < 4.78 is 1.13. The van der Waals surface area contributed by atoms with Gasteiger partial charge in [0.15, 0.2) is 0 Å². The fourth-order valence-electron chi connectivity index (χ4n) is 2.65. The summed E-state index contributed by atoms with van der Waals surface area (Å²) in [5, 5.41) is 5.91. The lowest BCUT2D eigenvalue weighted by atomic mass is 10.1. The Morgan fingerprint density at radius 1 is 1.33 bits per heavy atom. The lowest BCUT2D eigenvalue weighted by Crippen LogP contribution is -2.36. The van der Waals surface area contributed by atoms with Gasteiger partial charge < -0.3 is 10.6 Å². The van der Waals surface area contributed by atoms with Gasteiger partial charge in [0.1, 0.15) is 0 Å². The summed E-state index contributed by atoms with van der Waals surface area (Å²) >= 11 is 3.57. The van der Waals surface area contributed by atoms with Crippen molar-refractivity contribution in [3.8, 4) is 0 Å². The van der Waals surface area contributed by atoms with Crippen LogP contribution in [0.2, 0.25) is 0 Å². The fraction of sp³-hybridized carbons (Fsp3) is 0.250. The Kier molecular flexibility index (Phi) is 4.20. The molecule has 2 aromatic rings. The van der Waals surface area contributed by atoms with Crippen LogP contribution in [0, 0.1) is 0 Å². The topological polar surface area (TPSA) is 54.0 Å². The summed E-state index contributed by atoms with van der Waals surface area (Å²) in [5.74, 6) is 0. The van der Waals surface area contributed by atoms with E-state index in [2.05, 4.69) is 37.6 Å². The Balaban J connectivity index is 1.59. The predicted octanol–water partition coefficient (Wildman–Crippen LogP) is 3.33. The molecule has 108 valence electrons. The predicted molar refractivity (Wildman–Crippen MR) is 84.8 cm³/mol. The number of benzene rings is 1. The van der Waals surface area contributed by atoms with Crippen LogP contribution in [-0.4, -0.2) is 11.0 Å². The van der Waals surface area contributed by atoms with Gasteiger partial charge in [-0.3, -0.25) is 4.98 Å². The van der Waals surface area contributed by atoms with E-state index < -0.39 is 0 Å². The van der Waals surface area contributed by atoms with E-state index in [0.717, 1.165) is 22.9 Å². The van der Waals surface area contributed by atoms with Gasteiger partial charge in [-0.15, -0.1) is 0 Å². The van der Waals surface area contributed by atoms with Crippen molar-refractivity contribution in [1.29, 1.82) is 0 Å². The number of nitrogens with zero attached hydrogens (tertiary/aromatic N) is 1. The van der Waals surface area contributed by atoms with Crippen LogP contribution in [0.3, 0.4) is 0 Å². The van der Waals surface area contributed by atoms with Crippen LogP contribution < -0.4 is 10.6 Å². The third-order valence-corrected chi connectivity index (χ3v) is 4.44. The molecule has 5 heteroatoms. The minimum Gasteiger partial charge on any atom is -0.334 e. The Morgan fingerprint density at radius 3 is 3.05 bits per heavy atom. The number of carbonyl (C=O) groups is 1. The molecule has 0 fully saturated rings. The average Bonchev–Trinajstić information content (AvgIpc) is 2.91. The zero-order chi connectivity index (χ0) is 14.7. The molecule has 0 aliphatic heterocycles. The molecule has 0 radical (unpaired) electrons. The third-order valence-electron chi connectivity index (χ3n) is 3.69. The van der Waals surface area contributed by atoms with Crippen molar-refractivity contribution >= 4 is 22.0 Å². The monoisotopic (exact) mass is 345 g/mol. The van der Waals surface area contributed by atoms with Crippen LogP contribution in [0.25, 0.3) is 0 Å². The lowest BCUT2D eigenvalue weighted by molar-refractivity contribution is 0.236. The van der Waals surface area contributed by atoms with Crippen molar-refractivity contribution in [2.45, 2.75) is 25.4 Å². The fourth-order valence-corrected chi connectivity index (χ4v) is 3.23. The third kappa shape index (κ3) is 3.24. The van der Waals surface area contributed by atoms with Gasteiger partial charge in [0.05, 0.1) is 6.04 Å². The Bertz CT molecular complexity index is 645. The number of hydrogen-bond donors (Lipinski definition) is 2. The molecule has 3 rings (SSSR count). The first kappa shape index (κ1) is 14.1. The Morgan fingerprint density at radius 2 is 2.24 bits per heavy atom. The highest BCUT2D eigenvalue weighted by Gasteiger charge is 2.25. The minimum absolute atomic E-state index is 0.0893. The van der Waals surface area contributed by atoms with E-state index in [0.29, 0.717) is 6.54 Å². The normalized spacial score (nSPS) is 16.3. The summed E-state index contributed by atoms with van der Waals surface area (Å²) in [6.45, 7) is 0.484. The highest BCUT2D eigenvalue weighted by molar-refractivity contribution is 9.10. The minimum atomic E-state index is -0.142. The molecule has 0 unspecified atom stereocenters. The maximum Gasteiger partial charge on any atom is 0.315 e. The SMILES string of the molecule is O=C(NCc1cccnc1)N[C@H]1CCc2c(Br)cccc21. The number of fused-ring (bicyclic) bond motifs is 1. The summed E-state index contributed by atoms with van der Waals surface area (Å²) in [7, 11) is 0. The van der Waals surface area contributed by atoms with Crippen molar-refractivity contribution in [2.24, 2.45) is 0 Å². The molecule has 2 amide bonds. The van der Waals surface area contributed by atoms with E-state index >= 15 is 0 Å². The maximum atomic E-state index is 12.0. The average molecular weight is 346 g/mol. The summed E-state index contributed by atoms with van der Waals surface area (Å²) in [5.41, 5.74) is 3.50. The van der Waals surface area contributed by atoms with Gasteiger partial charge in [-0.25, -0.2) is 4.79 Å². The summed E-state index contributed by atoms with van der Waals surface area (Å²) in [4.78, 5) is 16.0. The van der Waals surface area contributed by atoms with E-state index in [4.69, 9.17) is 0 Å². The molecule has 2 N–H and O–H groups in total. The largest absolute Gasteiger partial charge is 0.334 e. The molecule has 1 aliphatic rings. The first-order valence-corrected chi connectivity index (χ1v) is 7.74. The molecule has 0 spiro atoms. The van der Waals surface area contributed by atoms with Crippen molar-refractivity contribution < 1.29 is 4.79 Å². The number of amides is 2. The Hall–Kier alpha value is -1.88. The van der Waals surface area contributed by atoms with Crippen molar-refractivity contribution in [1.82, 2.24) is 15.6 Å². The molecule has 4 nitrogen and oxygen atoms in total. The molecule has 1 aliphatic carbocycles. The number of carbonyl (C=O) groups excluding carboxylic acids is 1. The maximum absolute atomic E-state index is 12.0. The molecule has 1 aromatic carbocycles. The highest BCUT2D eigenvalue weighted by atomic mass is 79.9. The van der Waals surface area contributed by atoms with Gasteiger partial charge in [0.2, 0.25) is 0 Å². The zero-order valence-electron chi connectivity index (χ0n) is 11.5. The van der Waals surface area contributed by atoms with Crippen molar-refractivity contribution in [2.75, 3.05) is 0 Å². The molecule has 0 saturated carbocycles. The number of halogens is 1. The number of pyridine rings is 1. The molecule has 0 saturated heterocycles. The Labute approximate surface area is 132 Å². The number of nitrogens with one attached hydrogen (secondary N) is 2. The first-order chi connectivity index (χ1) is 10.2. The van der Waals surface area contributed by atoms with Crippen LogP contribution in [0.1, 0.15) is 29.2 Å². The molecular formula is C16H16BrN3O. The summed E-state index contributed by atoms with van der Waals surface area (Å²) in [6.07, 6.45) is 5.40. The van der Waals surface area contributed by atoms with Gasteiger partial charge in [0.25, 0.3) is 0 Å². The smallest absolute Gasteiger partial charge is 0.315 e. The van der Waals surface area contributed by atoms with Crippen LogP contribution in [0.5, 0.6) is 0 Å². The number of urea groups is 1. The van der Waals surface area contributed by atoms with E-state index in [1.54, 1.807) is 12.4 Å². The van der Waals surface area contributed by atoms with E-state index in [1.807, 2.05) is 24.3 Å². The second-order valence-electron chi connectivity index (χ2n) is 5.09.